The molecule has 2 aromatic rings. The molecule has 2 rings (SSSR count). The number of rotatable bonds is 9. The fourth-order valence-electron chi connectivity index (χ4n) is 2.24. The van der Waals surface area contributed by atoms with E-state index in [-0.39, 0.29) is 17.1 Å². The largest absolute Gasteiger partial charge is 0.495 e. The van der Waals surface area contributed by atoms with Crippen LogP contribution in [-0.2, 0) is 9.53 Å². The highest BCUT2D eigenvalue weighted by atomic mass is 35.5. The Morgan fingerprint density at radius 2 is 1.71 bits per heavy atom. The lowest BCUT2D eigenvalue weighted by molar-refractivity contribution is -0.141. The van der Waals surface area contributed by atoms with Crippen molar-refractivity contribution in [2.24, 2.45) is 0 Å². The summed E-state index contributed by atoms with van der Waals surface area (Å²) in [6.07, 6.45) is 0. The first-order chi connectivity index (χ1) is 13.4. The Bertz CT molecular complexity index is 850. The second-order valence-electron chi connectivity index (χ2n) is 5.57. The first-order valence-corrected chi connectivity index (χ1v) is 8.85. The van der Waals surface area contributed by atoms with Crippen LogP contribution in [0.1, 0.15) is 27.6 Å². The third kappa shape index (κ3) is 5.99. The third-order valence-electron chi connectivity index (χ3n) is 3.66. The fraction of sp³-hybridized carbons (Fsp3) is 0.250. The number of hydrogen-bond donors (Lipinski definition) is 1. The standard InChI is InChI=1S/C20H20ClNO6/c1-3-27-15-7-4-13(5-8-15)20(25)22-11-19(24)28-12-17(23)14-6-9-18(26-2)16(21)10-14/h4-10H,3,11-12H2,1-2H3,(H,22,25). The van der Waals surface area contributed by atoms with E-state index in [2.05, 4.69) is 5.32 Å². The summed E-state index contributed by atoms with van der Waals surface area (Å²) in [4.78, 5) is 35.9. The molecule has 0 aliphatic heterocycles. The highest BCUT2D eigenvalue weighted by Crippen LogP contribution is 2.25. The number of benzene rings is 2. The molecule has 28 heavy (non-hydrogen) atoms. The van der Waals surface area contributed by atoms with E-state index in [1.54, 1.807) is 30.3 Å². The number of Topliss-reactive ketones (excluding diaryl/α,β-unsaturated/α-hetero) is 1. The van der Waals surface area contributed by atoms with Gasteiger partial charge in [0.15, 0.2) is 12.4 Å². The van der Waals surface area contributed by atoms with E-state index in [0.29, 0.717) is 23.7 Å². The number of ketones is 1. The van der Waals surface area contributed by atoms with Gasteiger partial charge in [-0.2, -0.15) is 0 Å². The van der Waals surface area contributed by atoms with Crippen LogP contribution >= 0.6 is 11.6 Å². The summed E-state index contributed by atoms with van der Waals surface area (Å²) < 4.78 is 15.2. The minimum absolute atomic E-state index is 0.280. The minimum Gasteiger partial charge on any atom is -0.495 e. The van der Waals surface area contributed by atoms with Crippen molar-refractivity contribution in [3.63, 3.8) is 0 Å². The molecule has 1 amide bonds. The van der Waals surface area contributed by atoms with Gasteiger partial charge < -0.3 is 19.5 Å². The van der Waals surface area contributed by atoms with Gasteiger partial charge in [-0.05, 0) is 49.4 Å². The summed E-state index contributed by atoms with van der Waals surface area (Å²) in [5.74, 6) is -0.501. The lowest BCUT2D eigenvalue weighted by atomic mass is 10.1. The summed E-state index contributed by atoms with van der Waals surface area (Å²) in [6, 6.07) is 11.0. The molecule has 0 bridgehead atoms. The quantitative estimate of drug-likeness (QED) is 0.509. The molecule has 0 heterocycles. The molecule has 0 fully saturated rings. The van der Waals surface area contributed by atoms with Crippen LogP contribution in [0.4, 0.5) is 0 Å². The van der Waals surface area contributed by atoms with E-state index in [4.69, 9.17) is 25.8 Å². The Balaban J connectivity index is 1.79. The summed E-state index contributed by atoms with van der Waals surface area (Å²) >= 11 is 5.97. The van der Waals surface area contributed by atoms with Crippen LogP contribution in [-0.4, -0.2) is 44.5 Å². The van der Waals surface area contributed by atoms with Crippen LogP contribution in [0.5, 0.6) is 11.5 Å². The normalized spacial score (nSPS) is 10.1. The van der Waals surface area contributed by atoms with Gasteiger partial charge in [0.1, 0.15) is 18.0 Å². The molecule has 0 radical (unpaired) electrons. The van der Waals surface area contributed by atoms with Crippen LogP contribution in [0, 0.1) is 0 Å². The zero-order chi connectivity index (χ0) is 20.5. The van der Waals surface area contributed by atoms with Crippen LogP contribution in [0.25, 0.3) is 0 Å². The second-order valence-corrected chi connectivity index (χ2v) is 5.98. The highest BCUT2D eigenvalue weighted by molar-refractivity contribution is 6.32. The molecule has 0 aromatic heterocycles. The topological polar surface area (TPSA) is 90.9 Å². The number of ether oxygens (including phenoxy) is 3. The molecule has 0 aliphatic carbocycles. The maximum atomic E-state index is 12.1. The average Bonchev–Trinajstić information content (AvgIpc) is 2.70. The van der Waals surface area contributed by atoms with Crippen molar-refractivity contribution in [2.45, 2.75) is 6.92 Å². The molecular weight excluding hydrogens is 386 g/mol. The van der Waals surface area contributed by atoms with Crippen LogP contribution in [0.2, 0.25) is 5.02 Å². The highest BCUT2D eigenvalue weighted by Gasteiger charge is 2.13. The summed E-state index contributed by atoms with van der Waals surface area (Å²) in [5, 5.41) is 2.71. The zero-order valence-corrected chi connectivity index (χ0v) is 16.2. The molecular formula is C20H20ClNO6. The van der Waals surface area contributed by atoms with Crippen molar-refractivity contribution in [3.05, 3.63) is 58.6 Å². The molecule has 0 saturated carbocycles. The van der Waals surface area contributed by atoms with E-state index in [1.807, 2.05) is 6.92 Å². The first kappa shape index (κ1) is 21.2. The SMILES string of the molecule is CCOc1ccc(C(=O)NCC(=O)OCC(=O)c2ccc(OC)c(Cl)c2)cc1. The van der Waals surface area contributed by atoms with Crippen LogP contribution < -0.4 is 14.8 Å². The fourth-order valence-corrected chi connectivity index (χ4v) is 2.50. The second kappa shape index (κ2) is 10.3. The number of nitrogens with one attached hydrogen (secondary N) is 1. The van der Waals surface area contributed by atoms with Crippen molar-refractivity contribution in [1.29, 1.82) is 0 Å². The Morgan fingerprint density at radius 1 is 1.04 bits per heavy atom. The van der Waals surface area contributed by atoms with E-state index in [9.17, 15) is 14.4 Å². The molecule has 0 spiro atoms. The Morgan fingerprint density at radius 3 is 2.32 bits per heavy atom. The number of methoxy groups -OCH3 is 1. The van der Waals surface area contributed by atoms with Gasteiger partial charge in [0.05, 0.1) is 18.7 Å². The van der Waals surface area contributed by atoms with Crippen molar-refractivity contribution in [3.8, 4) is 11.5 Å². The van der Waals surface area contributed by atoms with Gasteiger partial charge in [-0.15, -0.1) is 0 Å². The molecule has 7 nitrogen and oxygen atoms in total. The number of carbonyl (C=O) groups excluding carboxylic acids is 3. The summed E-state index contributed by atoms with van der Waals surface area (Å²) in [5.41, 5.74) is 0.664. The molecule has 148 valence electrons. The van der Waals surface area contributed by atoms with Crippen LogP contribution in [0.15, 0.2) is 42.5 Å². The summed E-state index contributed by atoms with van der Waals surface area (Å²) in [6.45, 7) is 1.57. The van der Waals surface area contributed by atoms with Crippen molar-refractivity contribution in [1.82, 2.24) is 5.32 Å². The van der Waals surface area contributed by atoms with E-state index < -0.39 is 24.3 Å². The molecule has 0 saturated heterocycles. The lowest BCUT2D eigenvalue weighted by Crippen LogP contribution is -2.31. The maximum Gasteiger partial charge on any atom is 0.325 e. The zero-order valence-electron chi connectivity index (χ0n) is 15.5. The molecule has 2 aromatic carbocycles. The molecule has 0 aliphatic rings. The maximum absolute atomic E-state index is 12.1. The Kier molecular flexibility index (Phi) is 7.83. The minimum atomic E-state index is -0.729. The average molecular weight is 406 g/mol. The van der Waals surface area contributed by atoms with Gasteiger partial charge in [0, 0.05) is 11.1 Å². The van der Waals surface area contributed by atoms with E-state index in [1.165, 1.54) is 19.2 Å². The van der Waals surface area contributed by atoms with Gasteiger partial charge in [-0.25, -0.2) is 0 Å². The van der Waals surface area contributed by atoms with E-state index in [0.717, 1.165) is 0 Å². The van der Waals surface area contributed by atoms with E-state index >= 15 is 0 Å². The Labute approximate surface area is 167 Å². The number of hydrogen-bond acceptors (Lipinski definition) is 6. The predicted octanol–water partition coefficient (Wildman–Crippen LogP) is 2.90. The van der Waals surface area contributed by atoms with Crippen molar-refractivity contribution < 1.29 is 28.6 Å². The van der Waals surface area contributed by atoms with Gasteiger partial charge in [0.25, 0.3) is 5.91 Å². The lowest BCUT2D eigenvalue weighted by Gasteiger charge is -2.08. The number of carbonyl (C=O) groups is 3. The monoisotopic (exact) mass is 405 g/mol. The Hall–Kier alpha value is -3.06. The molecule has 0 unspecified atom stereocenters. The molecule has 8 heteroatoms. The van der Waals surface area contributed by atoms with Gasteiger partial charge in [0.2, 0.25) is 0 Å². The molecule has 0 atom stereocenters. The van der Waals surface area contributed by atoms with Crippen molar-refractivity contribution in [2.75, 3.05) is 26.9 Å². The first-order valence-electron chi connectivity index (χ1n) is 8.48. The third-order valence-corrected chi connectivity index (χ3v) is 3.95. The van der Waals surface area contributed by atoms with Crippen molar-refractivity contribution >= 4 is 29.3 Å². The van der Waals surface area contributed by atoms with Gasteiger partial charge in [-0.3, -0.25) is 14.4 Å². The predicted molar refractivity (Wildman–Crippen MR) is 103 cm³/mol. The number of amides is 1. The number of halogens is 1. The molecule has 1 N–H and O–H groups in total. The number of esters is 1. The smallest absolute Gasteiger partial charge is 0.325 e. The summed E-state index contributed by atoms with van der Waals surface area (Å²) in [7, 11) is 1.46. The van der Waals surface area contributed by atoms with Gasteiger partial charge >= 0.3 is 5.97 Å². The van der Waals surface area contributed by atoms with Gasteiger partial charge in [-0.1, -0.05) is 11.6 Å². The van der Waals surface area contributed by atoms with Crippen LogP contribution in [0.3, 0.4) is 0 Å².